The highest BCUT2D eigenvalue weighted by atomic mass is 16.5. The van der Waals surface area contributed by atoms with Crippen molar-refractivity contribution in [2.45, 2.75) is 83.7 Å². The number of methoxy groups -OCH3 is 2. The van der Waals surface area contributed by atoms with Crippen molar-refractivity contribution in [2.24, 2.45) is 17.8 Å². The van der Waals surface area contributed by atoms with Crippen LogP contribution in [0.15, 0.2) is 48.6 Å². The lowest BCUT2D eigenvalue weighted by Crippen LogP contribution is -2.62. The maximum Gasteiger partial charge on any atom is 0.324 e. The number of carbonyl (C=O) groups excluding carboxylic acids is 4. The summed E-state index contributed by atoms with van der Waals surface area (Å²) < 4.78 is 17.0. The van der Waals surface area contributed by atoms with Crippen molar-refractivity contribution in [2.75, 3.05) is 27.4 Å². The number of carbonyl (C=O) groups is 4. The molecule has 4 N–H and O–H groups in total. The number of hydrogen-bond donors (Lipinski definition) is 4. The lowest BCUT2D eigenvalue weighted by molar-refractivity contribution is -0.153. The van der Waals surface area contributed by atoms with Crippen LogP contribution in [-0.2, 0) is 39.8 Å². The Kier molecular flexibility index (Phi) is 14.2. The molecule has 12 heteroatoms. The zero-order valence-corrected chi connectivity index (χ0v) is 27.7. The Hall–Kier alpha value is -3.74. The van der Waals surface area contributed by atoms with Crippen LogP contribution in [0.3, 0.4) is 0 Å². The second-order valence-corrected chi connectivity index (χ2v) is 12.3. The first-order chi connectivity index (χ1) is 22.0. The number of fused-ring (bicyclic) bond motifs is 2. The van der Waals surface area contributed by atoms with Gasteiger partial charge in [-0.3, -0.25) is 24.2 Å². The molecule has 0 saturated carbocycles. The number of amides is 3. The van der Waals surface area contributed by atoms with Gasteiger partial charge in [0.25, 0.3) is 5.91 Å². The molecule has 3 rings (SSSR count). The van der Waals surface area contributed by atoms with Crippen LogP contribution in [0, 0.1) is 17.8 Å². The van der Waals surface area contributed by atoms with Gasteiger partial charge in [-0.05, 0) is 42.9 Å². The highest BCUT2D eigenvalue weighted by Crippen LogP contribution is 2.23. The molecule has 1 aromatic carbocycles. The number of allylic oxidation sites excluding steroid dienone is 2. The van der Waals surface area contributed by atoms with E-state index in [4.69, 9.17) is 14.2 Å². The van der Waals surface area contributed by atoms with Gasteiger partial charge in [0.2, 0.25) is 11.8 Å². The molecule has 0 unspecified atom stereocenters. The highest BCUT2D eigenvalue weighted by Gasteiger charge is 2.37. The van der Waals surface area contributed by atoms with Crippen LogP contribution in [0.2, 0.25) is 0 Å². The molecule has 1 aromatic rings. The normalized spacial score (nSPS) is 30.8. The number of aromatic hydroxyl groups is 1. The number of hydrogen-bond acceptors (Lipinski definition) is 9. The first-order valence-corrected chi connectivity index (χ1v) is 16.0. The molecule has 0 radical (unpaired) electrons. The van der Waals surface area contributed by atoms with E-state index in [0.29, 0.717) is 31.4 Å². The van der Waals surface area contributed by atoms with Gasteiger partial charge < -0.3 is 30.0 Å². The van der Waals surface area contributed by atoms with E-state index < -0.39 is 47.9 Å². The zero-order chi connectivity index (χ0) is 33.8. The monoisotopic (exact) mass is 642 g/mol. The number of ether oxygens (including phenoxy) is 3. The Bertz CT molecular complexity index is 1250. The zero-order valence-electron chi connectivity index (χ0n) is 27.7. The number of hydrazine groups is 1. The minimum absolute atomic E-state index is 0.0258. The number of phenolic OH excluding ortho intramolecular Hbond substituents is 1. The summed E-state index contributed by atoms with van der Waals surface area (Å²) in [4.78, 5) is 54.2. The predicted molar refractivity (Wildman–Crippen MR) is 172 cm³/mol. The van der Waals surface area contributed by atoms with E-state index in [0.717, 1.165) is 0 Å². The molecule has 2 aliphatic rings. The number of benzene rings is 1. The second-order valence-electron chi connectivity index (χ2n) is 12.3. The van der Waals surface area contributed by atoms with Crippen molar-refractivity contribution in [3.05, 3.63) is 54.1 Å². The van der Waals surface area contributed by atoms with Crippen molar-refractivity contribution in [3.8, 4) is 5.75 Å². The Morgan fingerprint density at radius 1 is 1.04 bits per heavy atom. The first-order valence-electron chi connectivity index (χ1n) is 16.0. The van der Waals surface area contributed by atoms with Crippen LogP contribution in [-0.4, -0.2) is 91.5 Å². The summed E-state index contributed by atoms with van der Waals surface area (Å²) in [5.74, 6) is -2.97. The quantitative estimate of drug-likeness (QED) is 0.355. The molecule has 2 bridgehead atoms. The fraction of sp³-hybridized carbons (Fsp3) is 0.588. The van der Waals surface area contributed by atoms with E-state index >= 15 is 0 Å². The van der Waals surface area contributed by atoms with Crippen LogP contribution in [0.1, 0.15) is 52.5 Å². The summed E-state index contributed by atoms with van der Waals surface area (Å²) in [5.41, 5.74) is 3.61. The van der Waals surface area contributed by atoms with E-state index in [1.807, 2.05) is 45.1 Å². The lowest BCUT2D eigenvalue weighted by Gasteiger charge is -2.36. The predicted octanol–water partition coefficient (Wildman–Crippen LogP) is 2.42. The van der Waals surface area contributed by atoms with E-state index in [1.54, 1.807) is 26.2 Å². The highest BCUT2D eigenvalue weighted by molar-refractivity contribution is 5.93. The van der Waals surface area contributed by atoms with Gasteiger partial charge in [0.15, 0.2) is 0 Å². The topological polar surface area (TPSA) is 156 Å². The van der Waals surface area contributed by atoms with Crippen molar-refractivity contribution in [1.82, 2.24) is 21.1 Å². The molecular weight excluding hydrogens is 592 g/mol. The van der Waals surface area contributed by atoms with Gasteiger partial charge >= 0.3 is 5.97 Å². The van der Waals surface area contributed by atoms with Gasteiger partial charge in [-0.15, -0.1) is 0 Å². The second kappa shape index (κ2) is 17.8. The summed E-state index contributed by atoms with van der Waals surface area (Å²) in [7, 11) is 3.13. The van der Waals surface area contributed by atoms with Crippen LogP contribution in [0.4, 0.5) is 0 Å². The molecule has 254 valence electrons. The van der Waals surface area contributed by atoms with Gasteiger partial charge in [0.05, 0.1) is 24.7 Å². The standard InChI is InChI=1S/C34H50N4O8/c1-21(2)29-32(41)35-27(20-24-13-11-14-25(39)19-24)33(42)38-17-12-15-26(37-38)34(43)46-18-10-8-7-9-16-28(44-5)22(3)30(45-6)23(4)31(40)36-29/h7-9,11,13-14,16,19,21-23,26-30,37,39H,10,12,15,17-18,20H2,1-6H3,(H,35,41)(H,36,40)/b8-7+,16-9+/t22-,23+,26-,27-,28-,29-,30+/m0/s1. The van der Waals surface area contributed by atoms with Gasteiger partial charge in [0.1, 0.15) is 23.9 Å². The van der Waals surface area contributed by atoms with Crippen molar-refractivity contribution in [3.63, 3.8) is 0 Å². The minimum Gasteiger partial charge on any atom is -0.508 e. The van der Waals surface area contributed by atoms with Crippen molar-refractivity contribution in [1.29, 1.82) is 0 Å². The van der Waals surface area contributed by atoms with E-state index in [1.165, 1.54) is 24.3 Å². The molecule has 0 aromatic heterocycles. The molecular formula is C34H50N4O8. The summed E-state index contributed by atoms with van der Waals surface area (Å²) in [6.07, 6.45) is 8.14. The van der Waals surface area contributed by atoms with E-state index in [2.05, 4.69) is 16.1 Å². The third-order valence-corrected chi connectivity index (χ3v) is 8.51. The van der Waals surface area contributed by atoms with E-state index in [9.17, 15) is 24.3 Å². The lowest BCUT2D eigenvalue weighted by atomic mass is 9.87. The number of nitrogens with zero attached hydrogens (tertiary/aromatic N) is 1. The van der Waals surface area contributed by atoms with Gasteiger partial charge in [-0.1, -0.05) is 64.1 Å². The Morgan fingerprint density at radius 3 is 2.48 bits per heavy atom. The fourth-order valence-corrected chi connectivity index (χ4v) is 5.86. The molecule has 0 spiro atoms. The molecule has 12 nitrogen and oxygen atoms in total. The van der Waals surface area contributed by atoms with Crippen LogP contribution >= 0.6 is 0 Å². The number of phenols is 1. The summed E-state index contributed by atoms with van der Waals surface area (Å²) in [6.45, 7) is 7.79. The molecule has 2 aliphatic heterocycles. The number of nitrogens with one attached hydrogen (secondary N) is 3. The molecule has 7 atom stereocenters. The van der Waals surface area contributed by atoms with Crippen LogP contribution < -0.4 is 16.1 Å². The molecule has 46 heavy (non-hydrogen) atoms. The fourth-order valence-electron chi connectivity index (χ4n) is 5.86. The Morgan fingerprint density at radius 2 is 1.80 bits per heavy atom. The van der Waals surface area contributed by atoms with Gasteiger partial charge in [-0.2, -0.15) is 0 Å². The smallest absolute Gasteiger partial charge is 0.324 e. The van der Waals surface area contributed by atoms with Crippen LogP contribution in [0.5, 0.6) is 5.75 Å². The average molecular weight is 643 g/mol. The molecule has 1 fully saturated rings. The molecule has 3 amide bonds. The van der Waals surface area contributed by atoms with Gasteiger partial charge in [0, 0.05) is 33.1 Å². The Labute approximate surface area is 271 Å². The number of rotatable bonds is 5. The third-order valence-electron chi connectivity index (χ3n) is 8.51. The van der Waals surface area contributed by atoms with Crippen molar-refractivity contribution >= 4 is 23.7 Å². The molecule has 0 aliphatic carbocycles. The minimum atomic E-state index is -1.06. The third kappa shape index (κ3) is 10.1. The largest absolute Gasteiger partial charge is 0.508 e. The summed E-state index contributed by atoms with van der Waals surface area (Å²) >= 11 is 0. The van der Waals surface area contributed by atoms with Crippen LogP contribution in [0.25, 0.3) is 0 Å². The van der Waals surface area contributed by atoms with E-state index in [-0.39, 0.29) is 42.6 Å². The maximum atomic E-state index is 13.9. The molecule has 2 heterocycles. The SMILES string of the molecule is CO[C@@H]1[C@@H](C)[C@@H](OC)/C=C/C=C/CCOC(=O)[C@@H]2CCCN(N2)C(=O)[C@H](Cc2cccc(O)c2)NC(=O)[C@H](C(C)C)NC(=O)[C@@H]1C. The number of cyclic esters (lactones) is 1. The van der Waals surface area contributed by atoms with Gasteiger partial charge in [-0.25, -0.2) is 5.43 Å². The summed E-state index contributed by atoms with van der Waals surface area (Å²) in [5, 5.41) is 17.1. The van der Waals surface area contributed by atoms with Crippen molar-refractivity contribution < 1.29 is 38.5 Å². The molecule has 1 saturated heterocycles. The average Bonchev–Trinajstić information content (AvgIpc) is 3.03. The maximum absolute atomic E-state index is 13.9. The number of esters is 1. The Balaban J connectivity index is 1.95. The first kappa shape index (κ1) is 36.7. The summed E-state index contributed by atoms with van der Waals surface area (Å²) in [6, 6.07) is 3.71.